The van der Waals surface area contributed by atoms with Crippen molar-refractivity contribution in [2.75, 3.05) is 12.8 Å². The zero-order chi connectivity index (χ0) is 21.3. The Hall–Kier alpha value is -4.09. The van der Waals surface area contributed by atoms with E-state index in [0.29, 0.717) is 35.8 Å². The number of benzene rings is 2. The summed E-state index contributed by atoms with van der Waals surface area (Å²) in [5.74, 6) is 0.0617. The molecule has 0 radical (unpaired) electrons. The van der Waals surface area contributed by atoms with E-state index in [1.54, 1.807) is 37.6 Å². The van der Waals surface area contributed by atoms with Gasteiger partial charge in [-0.3, -0.25) is 0 Å². The van der Waals surface area contributed by atoms with E-state index in [1.807, 2.05) is 30.3 Å². The van der Waals surface area contributed by atoms with E-state index < -0.39 is 0 Å². The summed E-state index contributed by atoms with van der Waals surface area (Å²) < 4.78 is 5.16. The number of methoxy groups -OCH3 is 1. The van der Waals surface area contributed by atoms with Crippen LogP contribution in [0.5, 0.6) is 0 Å². The fourth-order valence-corrected chi connectivity index (χ4v) is 2.92. The second kappa shape index (κ2) is 9.91. The van der Waals surface area contributed by atoms with Gasteiger partial charge in [-0.1, -0.05) is 36.4 Å². The van der Waals surface area contributed by atoms with Crippen LogP contribution < -0.4 is 11.1 Å². The normalized spacial score (nSPS) is 11.0. The molecule has 8 nitrogen and oxygen atoms in total. The number of ether oxygens (including phenoxy) is 1. The number of anilines is 1. The number of nitriles is 1. The lowest BCUT2D eigenvalue weighted by atomic mass is 10.1. The van der Waals surface area contributed by atoms with Crippen LogP contribution in [-0.2, 0) is 17.9 Å². The molecule has 1 aromatic heterocycles. The predicted molar refractivity (Wildman–Crippen MR) is 114 cm³/mol. The molecule has 0 aliphatic rings. The third-order valence-corrected chi connectivity index (χ3v) is 4.26. The fraction of sp³-hybridized carbons (Fsp3) is 0.136. The van der Waals surface area contributed by atoms with Crippen LogP contribution in [0.25, 0.3) is 17.0 Å². The van der Waals surface area contributed by atoms with Gasteiger partial charge in [0.25, 0.3) is 0 Å². The van der Waals surface area contributed by atoms with Crippen molar-refractivity contribution in [3.8, 4) is 17.3 Å². The molecule has 0 saturated carbocycles. The smallest absolute Gasteiger partial charge is 0.221 e. The summed E-state index contributed by atoms with van der Waals surface area (Å²) in [5.41, 5.74) is 18.1. The lowest BCUT2D eigenvalue weighted by Crippen LogP contribution is -2.07. The SMILES string of the molecule is COCc1cccc(CN/C=C(\N=N)c2cc(-c3cccc(C#N)c3)nc(N)n2)c1. The molecule has 3 rings (SSSR count). The van der Waals surface area contributed by atoms with Gasteiger partial charge < -0.3 is 15.8 Å². The van der Waals surface area contributed by atoms with E-state index in [0.717, 1.165) is 16.7 Å². The van der Waals surface area contributed by atoms with Crippen LogP contribution in [0.2, 0.25) is 0 Å². The van der Waals surface area contributed by atoms with Crippen molar-refractivity contribution in [1.29, 1.82) is 10.8 Å². The van der Waals surface area contributed by atoms with Gasteiger partial charge in [-0.15, -0.1) is 0 Å². The maximum Gasteiger partial charge on any atom is 0.221 e. The summed E-state index contributed by atoms with van der Waals surface area (Å²) >= 11 is 0. The van der Waals surface area contributed by atoms with Crippen LogP contribution in [0, 0.1) is 16.9 Å². The van der Waals surface area contributed by atoms with Crippen LogP contribution >= 0.6 is 0 Å². The third kappa shape index (κ3) is 5.25. The lowest BCUT2D eigenvalue weighted by molar-refractivity contribution is 0.185. The van der Waals surface area contributed by atoms with E-state index in [9.17, 15) is 0 Å². The minimum atomic E-state index is 0.0617. The monoisotopic (exact) mass is 399 g/mol. The number of hydrogen-bond donors (Lipinski definition) is 3. The molecular weight excluding hydrogens is 378 g/mol. The summed E-state index contributed by atoms with van der Waals surface area (Å²) in [6.07, 6.45) is 1.62. The van der Waals surface area contributed by atoms with Gasteiger partial charge in [-0.25, -0.2) is 15.5 Å². The van der Waals surface area contributed by atoms with E-state index in [4.69, 9.17) is 21.3 Å². The van der Waals surface area contributed by atoms with E-state index in [-0.39, 0.29) is 5.95 Å². The highest BCUT2D eigenvalue weighted by Crippen LogP contribution is 2.23. The van der Waals surface area contributed by atoms with Crippen molar-refractivity contribution in [3.05, 3.63) is 83.2 Å². The Morgan fingerprint density at radius 3 is 2.77 bits per heavy atom. The Balaban J connectivity index is 1.82. The van der Waals surface area contributed by atoms with Gasteiger partial charge in [0, 0.05) is 25.4 Å². The fourth-order valence-electron chi connectivity index (χ4n) is 2.92. The lowest BCUT2D eigenvalue weighted by Gasteiger charge is -2.08. The van der Waals surface area contributed by atoms with Crippen LogP contribution in [0.3, 0.4) is 0 Å². The minimum absolute atomic E-state index is 0.0617. The highest BCUT2D eigenvalue weighted by Gasteiger charge is 2.10. The Labute approximate surface area is 174 Å². The molecule has 0 unspecified atom stereocenters. The first kappa shape index (κ1) is 20.6. The van der Waals surface area contributed by atoms with Crippen molar-refractivity contribution in [2.45, 2.75) is 13.2 Å². The first-order chi connectivity index (χ1) is 14.6. The Morgan fingerprint density at radius 2 is 2.00 bits per heavy atom. The van der Waals surface area contributed by atoms with Crippen LogP contribution in [-0.4, -0.2) is 17.1 Å². The van der Waals surface area contributed by atoms with Crippen LogP contribution in [0.15, 0.2) is 65.9 Å². The first-order valence-electron chi connectivity index (χ1n) is 9.16. The molecule has 0 saturated heterocycles. The molecule has 1 heterocycles. The van der Waals surface area contributed by atoms with Crippen molar-refractivity contribution in [2.24, 2.45) is 5.11 Å². The first-order valence-corrected chi connectivity index (χ1v) is 9.16. The van der Waals surface area contributed by atoms with Gasteiger partial charge in [0.15, 0.2) is 0 Å². The highest BCUT2D eigenvalue weighted by atomic mass is 16.5. The summed E-state index contributed by atoms with van der Waals surface area (Å²) in [6.45, 7) is 1.10. The average Bonchev–Trinajstić information content (AvgIpc) is 2.77. The number of nitrogen functional groups attached to an aromatic ring is 1. The van der Waals surface area contributed by atoms with Crippen molar-refractivity contribution >= 4 is 11.6 Å². The zero-order valence-corrected chi connectivity index (χ0v) is 16.5. The maximum absolute atomic E-state index is 9.11. The van der Waals surface area contributed by atoms with Gasteiger partial charge in [-0.2, -0.15) is 10.4 Å². The van der Waals surface area contributed by atoms with E-state index in [2.05, 4.69) is 26.5 Å². The molecule has 0 spiro atoms. The van der Waals surface area contributed by atoms with Gasteiger partial charge in [0.1, 0.15) is 5.70 Å². The summed E-state index contributed by atoms with van der Waals surface area (Å²) in [7, 11) is 1.66. The topological polar surface area (TPSA) is 133 Å². The number of rotatable bonds is 8. The molecular formula is C22H21N7O. The molecule has 0 fully saturated rings. The predicted octanol–water partition coefficient (Wildman–Crippen LogP) is 3.86. The highest BCUT2D eigenvalue weighted by molar-refractivity contribution is 5.69. The molecule has 150 valence electrons. The number of nitrogens with two attached hydrogens (primary N) is 1. The molecule has 4 N–H and O–H groups in total. The number of nitrogens with one attached hydrogen (secondary N) is 2. The molecule has 30 heavy (non-hydrogen) atoms. The molecule has 0 amide bonds. The largest absolute Gasteiger partial charge is 0.385 e. The van der Waals surface area contributed by atoms with Crippen molar-refractivity contribution in [1.82, 2.24) is 15.3 Å². The molecule has 0 aliphatic heterocycles. The van der Waals surface area contributed by atoms with Gasteiger partial charge in [0.05, 0.1) is 29.6 Å². The number of aromatic nitrogens is 2. The van der Waals surface area contributed by atoms with Crippen LogP contribution in [0.1, 0.15) is 22.4 Å². The molecule has 3 aromatic rings. The Morgan fingerprint density at radius 1 is 1.20 bits per heavy atom. The number of hydrogen-bond acceptors (Lipinski definition) is 8. The second-order valence-electron chi connectivity index (χ2n) is 6.46. The van der Waals surface area contributed by atoms with Gasteiger partial charge in [-0.05, 0) is 29.3 Å². The Bertz CT molecular complexity index is 1120. The molecule has 0 aliphatic carbocycles. The molecule has 8 heteroatoms. The molecule has 2 aromatic carbocycles. The summed E-state index contributed by atoms with van der Waals surface area (Å²) in [5, 5.41) is 15.8. The third-order valence-electron chi connectivity index (χ3n) is 4.26. The minimum Gasteiger partial charge on any atom is -0.385 e. The Kier molecular flexibility index (Phi) is 6.82. The summed E-state index contributed by atoms with van der Waals surface area (Å²) in [6, 6.07) is 18.9. The van der Waals surface area contributed by atoms with Crippen molar-refractivity contribution < 1.29 is 4.74 Å². The van der Waals surface area contributed by atoms with Gasteiger partial charge >= 0.3 is 0 Å². The second-order valence-corrected chi connectivity index (χ2v) is 6.46. The number of nitrogens with zero attached hydrogens (tertiary/aromatic N) is 4. The summed E-state index contributed by atoms with van der Waals surface area (Å²) in [4.78, 5) is 8.45. The zero-order valence-electron chi connectivity index (χ0n) is 16.5. The maximum atomic E-state index is 9.11. The van der Waals surface area contributed by atoms with Gasteiger partial charge in [0.2, 0.25) is 5.95 Å². The standard InChI is InChI=1S/C22H21N7O/c1-30-14-17-6-2-5-16(8-17)12-26-13-21(29-25)20-10-19(27-22(24)28-20)18-7-3-4-15(9-18)11-23/h2-10,13,25-26H,12,14H2,1H3,(H2,24,27,28)/b21-13-,29-25?. The molecule has 0 atom stereocenters. The van der Waals surface area contributed by atoms with Crippen molar-refractivity contribution in [3.63, 3.8) is 0 Å². The molecule has 0 bridgehead atoms. The van der Waals surface area contributed by atoms with E-state index in [1.165, 1.54) is 0 Å². The quantitative estimate of drug-likeness (QED) is 0.493. The average molecular weight is 399 g/mol. The van der Waals surface area contributed by atoms with E-state index >= 15 is 0 Å². The van der Waals surface area contributed by atoms with Crippen LogP contribution in [0.4, 0.5) is 5.95 Å².